The largest absolute Gasteiger partial charge is 0.486 e. The number of amides is 1. The first-order valence-corrected chi connectivity index (χ1v) is 8.56. The Kier molecular flexibility index (Phi) is 5.70. The SMILES string of the molecule is CCn1nnnc1COc1ccc(C(=O)Nc2ccc(Cl)cc2Cl)cc1. The molecule has 0 radical (unpaired) electrons. The van der Waals surface area contributed by atoms with Crippen molar-refractivity contribution in [3.8, 4) is 5.75 Å². The molecule has 7 nitrogen and oxygen atoms in total. The molecule has 3 rings (SSSR count). The molecular weight excluding hydrogens is 377 g/mol. The number of carbonyl (C=O) groups excluding carboxylic acids is 1. The molecule has 9 heteroatoms. The highest BCUT2D eigenvalue weighted by Gasteiger charge is 2.10. The molecule has 1 heterocycles. The zero-order valence-electron chi connectivity index (χ0n) is 13.8. The second-order valence-corrected chi connectivity index (χ2v) is 6.15. The van der Waals surface area contributed by atoms with Crippen LogP contribution in [-0.4, -0.2) is 26.1 Å². The van der Waals surface area contributed by atoms with E-state index in [2.05, 4.69) is 20.8 Å². The summed E-state index contributed by atoms with van der Waals surface area (Å²) in [5, 5.41) is 15.0. The summed E-state index contributed by atoms with van der Waals surface area (Å²) in [5.41, 5.74) is 0.967. The first kappa shape index (κ1) is 18.2. The van der Waals surface area contributed by atoms with E-state index in [4.69, 9.17) is 27.9 Å². The number of nitrogens with one attached hydrogen (secondary N) is 1. The highest BCUT2D eigenvalue weighted by molar-refractivity contribution is 6.36. The highest BCUT2D eigenvalue weighted by atomic mass is 35.5. The number of carbonyl (C=O) groups is 1. The molecule has 0 aliphatic rings. The summed E-state index contributed by atoms with van der Waals surface area (Å²) >= 11 is 11.9. The summed E-state index contributed by atoms with van der Waals surface area (Å²) in [6.45, 7) is 2.85. The summed E-state index contributed by atoms with van der Waals surface area (Å²) in [5.74, 6) is 0.958. The van der Waals surface area contributed by atoms with E-state index in [1.54, 1.807) is 47.1 Å². The fourth-order valence-corrected chi connectivity index (χ4v) is 2.66. The van der Waals surface area contributed by atoms with Gasteiger partial charge in [-0.05, 0) is 59.8 Å². The molecule has 0 spiro atoms. The average molecular weight is 392 g/mol. The first-order chi connectivity index (χ1) is 12.6. The molecule has 0 unspecified atom stereocenters. The summed E-state index contributed by atoms with van der Waals surface area (Å²) in [4.78, 5) is 12.3. The molecule has 0 saturated carbocycles. The number of halogens is 2. The number of nitrogens with zero attached hydrogens (tertiary/aromatic N) is 4. The number of ether oxygens (including phenoxy) is 1. The third-order valence-corrected chi connectivity index (χ3v) is 4.12. The maximum atomic E-state index is 12.3. The van der Waals surface area contributed by atoms with Gasteiger partial charge in [0.2, 0.25) is 0 Å². The molecule has 0 bridgehead atoms. The van der Waals surface area contributed by atoms with Crippen molar-refractivity contribution in [3.05, 3.63) is 63.9 Å². The average Bonchev–Trinajstić information content (AvgIpc) is 3.10. The Bertz CT molecular complexity index is 912. The van der Waals surface area contributed by atoms with Crippen LogP contribution in [0.15, 0.2) is 42.5 Å². The molecule has 0 atom stereocenters. The lowest BCUT2D eigenvalue weighted by Crippen LogP contribution is -2.12. The monoisotopic (exact) mass is 391 g/mol. The van der Waals surface area contributed by atoms with E-state index >= 15 is 0 Å². The number of anilines is 1. The van der Waals surface area contributed by atoms with Crippen LogP contribution in [0.5, 0.6) is 5.75 Å². The molecule has 1 aromatic heterocycles. The number of tetrazole rings is 1. The molecule has 0 aliphatic heterocycles. The topological polar surface area (TPSA) is 81.9 Å². The van der Waals surface area contributed by atoms with Crippen molar-refractivity contribution >= 4 is 34.8 Å². The third kappa shape index (κ3) is 4.30. The van der Waals surface area contributed by atoms with Crippen molar-refractivity contribution in [2.24, 2.45) is 0 Å². The van der Waals surface area contributed by atoms with E-state index in [9.17, 15) is 4.79 Å². The van der Waals surface area contributed by atoms with Gasteiger partial charge in [0.15, 0.2) is 5.82 Å². The Hall–Kier alpha value is -2.64. The van der Waals surface area contributed by atoms with Gasteiger partial charge in [0, 0.05) is 17.1 Å². The molecule has 1 amide bonds. The molecule has 26 heavy (non-hydrogen) atoms. The van der Waals surface area contributed by atoms with Crippen LogP contribution in [0.1, 0.15) is 23.1 Å². The number of hydrogen-bond acceptors (Lipinski definition) is 5. The number of aromatic nitrogens is 4. The van der Waals surface area contributed by atoms with Gasteiger partial charge >= 0.3 is 0 Å². The van der Waals surface area contributed by atoms with Gasteiger partial charge in [0.25, 0.3) is 5.91 Å². The molecule has 0 aliphatic carbocycles. The standard InChI is InChI=1S/C17H15Cl2N5O2/c1-2-24-16(21-22-23-24)10-26-13-6-3-11(4-7-13)17(25)20-15-8-5-12(18)9-14(15)19/h3-9H,2,10H2,1H3,(H,20,25). The van der Waals surface area contributed by atoms with Crippen LogP contribution in [0.25, 0.3) is 0 Å². The number of hydrogen-bond donors (Lipinski definition) is 1. The van der Waals surface area contributed by atoms with Gasteiger partial charge in [-0.3, -0.25) is 4.79 Å². The van der Waals surface area contributed by atoms with Crippen LogP contribution in [0.3, 0.4) is 0 Å². The zero-order valence-corrected chi connectivity index (χ0v) is 15.3. The Morgan fingerprint density at radius 2 is 1.96 bits per heavy atom. The predicted molar refractivity (Wildman–Crippen MR) is 98.7 cm³/mol. The lowest BCUT2D eigenvalue weighted by atomic mass is 10.2. The maximum absolute atomic E-state index is 12.3. The molecule has 3 aromatic rings. The van der Waals surface area contributed by atoms with Crippen LogP contribution in [-0.2, 0) is 13.2 Å². The summed E-state index contributed by atoms with van der Waals surface area (Å²) in [6, 6.07) is 11.6. The lowest BCUT2D eigenvalue weighted by Gasteiger charge is -2.09. The third-order valence-electron chi connectivity index (χ3n) is 3.57. The van der Waals surface area contributed by atoms with Gasteiger partial charge in [0.05, 0.1) is 10.7 Å². The van der Waals surface area contributed by atoms with E-state index < -0.39 is 0 Å². The molecule has 0 fully saturated rings. The van der Waals surface area contributed by atoms with Gasteiger partial charge in [-0.25, -0.2) is 4.68 Å². The Morgan fingerprint density at radius 1 is 1.19 bits per heavy atom. The first-order valence-electron chi connectivity index (χ1n) is 7.81. The minimum Gasteiger partial charge on any atom is -0.486 e. The van der Waals surface area contributed by atoms with Gasteiger partial charge in [-0.15, -0.1) is 5.10 Å². The van der Waals surface area contributed by atoms with Crippen LogP contribution in [0.2, 0.25) is 10.0 Å². The highest BCUT2D eigenvalue weighted by Crippen LogP contribution is 2.26. The van der Waals surface area contributed by atoms with Crippen LogP contribution < -0.4 is 10.1 Å². The van der Waals surface area contributed by atoms with Crippen molar-refractivity contribution in [3.63, 3.8) is 0 Å². The van der Waals surface area contributed by atoms with E-state index in [1.807, 2.05) is 6.92 Å². The summed E-state index contributed by atoms with van der Waals surface area (Å²) in [7, 11) is 0. The second-order valence-electron chi connectivity index (χ2n) is 5.30. The number of rotatable bonds is 6. The quantitative estimate of drug-likeness (QED) is 0.690. The molecule has 1 N–H and O–H groups in total. The van der Waals surface area contributed by atoms with E-state index in [0.717, 1.165) is 0 Å². The van der Waals surface area contributed by atoms with Gasteiger partial charge in [-0.1, -0.05) is 23.2 Å². The molecule has 0 saturated heterocycles. The Balaban J connectivity index is 1.62. The Labute approximate surface area is 159 Å². The predicted octanol–water partition coefficient (Wildman–Crippen LogP) is 3.83. The van der Waals surface area contributed by atoms with Crippen molar-refractivity contribution in [1.29, 1.82) is 0 Å². The minimum atomic E-state index is -0.282. The van der Waals surface area contributed by atoms with E-state index in [0.29, 0.717) is 39.4 Å². The van der Waals surface area contributed by atoms with Crippen LogP contribution in [0.4, 0.5) is 5.69 Å². The summed E-state index contributed by atoms with van der Waals surface area (Å²) < 4.78 is 7.30. The normalized spacial score (nSPS) is 10.6. The maximum Gasteiger partial charge on any atom is 0.255 e. The van der Waals surface area contributed by atoms with Crippen molar-refractivity contribution in [2.45, 2.75) is 20.1 Å². The number of benzene rings is 2. The van der Waals surface area contributed by atoms with Gasteiger partial charge in [-0.2, -0.15) is 0 Å². The van der Waals surface area contributed by atoms with Crippen LogP contribution >= 0.6 is 23.2 Å². The fourth-order valence-electron chi connectivity index (χ4n) is 2.21. The smallest absolute Gasteiger partial charge is 0.255 e. The van der Waals surface area contributed by atoms with Crippen molar-refractivity contribution in [2.75, 3.05) is 5.32 Å². The lowest BCUT2D eigenvalue weighted by molar-refractivity contribution is 0.102. The molecule has 2 aromatic carbocycles. The van der Waals surface area contributed by atoms with E-state index in [1.165, 1.54) is 0 Å². The van der Waals surface area contributed by atoms with Crippen LogP contribution in [0, 0.1) is 0 Å². The van der Waals surface area contributed by atoms with Crippen molar-refractivity contribution < 1.29 is 9.53 Å². The zero-order chi connectivity index (χ0) is 18.5. The van der Waals surface area contributed by atoms with Crippen molar-refractivity contribution in [1.82, 2.24) is 20.2 Å². The minimum absolute atomic E-state index is 0.243. The summed E-state index contributed by atoms with van der Waals surface area (Å²) in [6.07, 6.45) is 0. The number of aryl methyl sites for hydroxylation is 1. The Morgan fingerprint density at radius 3 is 2.65 bits per heavy atom. The second kappa shape index (κ2) is 8.16. The van der Waals surface area contributed by atoms with Gasteiger partial charge < -0.3 is 10.1 Å². The molecule has 134 valence electrons. The van der Waals surface area contributed by atoms with Gasteiger partial charge in [0.1, 0.15) is 12.4 Å². The molecular formula is C17H15Cl2N5O2. The fraction of sp³-hybridized carbons (Fsp3) is 0.176. The van der Waals surface area contributed by atoms with E-state index in [-0.39, 0.29) is 12.5 Å².